The normalized spacial score (nSPS) is 11.1. The molecule has 0 aliphatic carbocycles. The van der Waals surface area contributed by atoms with E-state index in [1.807, 2.05) is 0 Å². The third-order valence-corrected chi connectivity index (χ3v) is 3.62. The van der Waals surface area contributed by atoms with Gasteiger partial charge in [-0.25, -0.2) is 17.9 Å². The molecule has 0 bridgehead atoms. The number of carbonyl (C=O) groups excluding carboxylic acids is 1. The molecule has 1 rings (SSSR count). The number of sulfonamides is 1. The molecule has 0 heterocycles. The Bertz CT molecular complexity index is 561. The minimum absolute atomic E-state index is 0.137. The SMILES string of the molecule is C=C(C)CNS(=O)(=O)Cc1ccc(C(=O)OC)cc1. The van der Waals surface area contributed by atoms with Crippen molar-refractivity contribution in [3.63, 3.8) is 0 Å². The summed E-state index contributed by atoms with van der Waals surface area (Å²) < 4.78 is 30.5. The van der Waals surface area contributed by atoms with Gasteiger partial charge in [0.15, 0.2) is 0 Å². The van der Waals surface area contributed by atoms with E-state index in [9.17, 15) is 13.2 Å². The summed E-state index contributed by atoms with van der Waals surface area (Å²) in [5.74, 6) is -0.586. The molecule has 0 saturated heterocycles. The average molecular weight is 283 g/mol. The maximum Gasteiger partial charge on any atom is 0.337 e. The highest BCUT2D eigenvalue weighted by Gasteiger charge is 2.12. The Morgan fingerprint density at radius 3 is 2.37 bits per heavy atom. The van der Waals surface area contributed by atoms with E-state index in [1.54, 1.807) is 19.1 Å². The van der Waals surface area contributed by atoms with Crippen molar-refractivity contribution in [3.8, 4) is 0 Å². The molecule has 0 radical (unpaired) electrons. The third kappa shape index (κ3) is 5.23. The van der Waals surface area contributed by atoms with E-state index in [4.69, 9.17) is 0 Å². The van der Waals surface area contributed by atoms with Gasteiger partial charge in [0.2, 0.25) is 10.0 Å². The van der Waals surface area contributed by atoms with Crippen LogP contribution in [0.2, 0.25) is 0 Å². The van der Waals surface area contributed by atoms with Gasteiger partial charge in [-0.3, -0.25) is 0 Å². The first-order chi connectivity index (χ1) is 8.84. The van der Waals surface area contributed by atoms with Crippen LogP contribution in [-0.4, -0.2) is 28.0 Å². The fraction of sp³-hybridized carbons (Fsp3) is 0.308. The van der Waals surface area contributed by atoms with Crippen molar-refractivity contribution in [2.45, 2.75) is 12.7 Å². The lowest BCUT2D eigenvalue weighted by Crippen LogP contribution is -2.26. The third-order valence-electron chi connectivity index (χ3n) is 2.33. The minimum Gasteiger partial charge on any atom is -0.465 e. The van der Waals surface area contributed by atoms with Crippen LogP contribution < -0.4 is 4.72 Å². The summed E-state index contributed by atoms with van der Waals surface area (Å²) in [4.78, 5) is 11.2. The summed E-state index contributed by atoms with van der Waals surface area (Å²) in [6.07, 6.45) is 0. The van der Waals surface area contributed by atoms with Crippen LogP contribution in [0.15, 0.2) is 36.4 Å². The molecule has 1 aromatic carbocycles. The predicted molar refractivity (Wildman–Crippen MR) is 73.2 cm³/mol. The monoisotopic (exact) mass is 283 g/mol. The smallest absolute Gasteiger partial charge is 0.337 e. The average Bonchev–Trinajstić information content (AvgIpc) is 2.36. The fourth-order valence-electron chi connectivity index (χ4n) is 1.36. The topological polar surface area (TPSA) is 72.5 Å². The van der Waals surface area contributed by atoms with Crippen molar-refractivity contribution in [3.05, 3.63) is 47.5 Å². The van der Waals surface area contributed by atoms with Gasteiger partial charge in [0.25, 0.3) is 0 Å². The van der Waals surface area contributed by atoms with E-state index in [-0.39, 0.29) is 12.3 Å². The Kier molecular flexibility index (Phi) is 5.26. The molecule has 0 fully saturated rings. The first-order valence-corrected chi connectivity index (χ1v) is 7.28. The Hall–Kier alpha value is -1.66. The second-order valence-electron chi connectivity index (χ2n) is 4.23. The van der Waals surface area contributed by atoms with E-state index in [0.29, 0.717) is 11.1 Å². The highest BCUT2D eigenvalue weighted by atomic mass is 32.2. The summed E-state index contributed by atoms with van der Waals surface area (Å²) in [5.41, 5.74) is 1.73. The van der Waals surface area contributed by atoms with E-state index in [1.165, 1.54) is 19.2 Å². The quantitative estimate of drug-likeness (QED) is 0.634. The van der Waals surface area contributed by atoms with Crippen molar-refractivity contribution >= 4 is 16.0 Å². The molecule has 0 amide bonds. The molecule has 0 aromatic heterocycles. The number of esters is 1. The van der Waals surface area contributed by atoms with Crippen molar-refractivity contribution < 1.29 is 17.9 Å². The van der Waals surface area contributed by atoms with Crippen LogP contribution in [0, 0.1) is 0 Å². The van der Waals surface area contributed by atoms with Crippen molar-refractivity contribution in [1.29, 1.82) is 0 Å². The van der Waals surface area contributed by atoms with Gasteiger partial charge in [0.05, 0.1) is 18.4 Å². The predicted octanol–water partition coefficient (Wildman–Crippen LogP) is 1.47. The Labute approximate surface area is 113 Å². The molecule has 0 aliphatic heterocycles. The molecular weight excluding hydrogens is 266 g/mol. The summed E-state index contributed by atoms with van der Waals surface area (Å²) in [5, 5.41) is 0. The van der Waals surface area contributed by atoms with Gasteiger partial charge < -0.3 is 4.74 Å². The number of hydrogen-bond donors (Lipinski definition) is 1. The number of ether oxygens (including phenoxy) is 1. The van der Waals surface area contributed by atoms with Crippen LogP contribution in [-0.2, 0) is 20.5 Å². The summed E-state index contributed by atoms with van der Waals surface area (Å²) in [7, 11) is -2.10. The largest absolute Gasteiger partial charge is 0.465 e. The van der Waals surface area contributed by atoms with E-state index >= 15 is 0 Å². The highest BCUT2D eigenvalue weighted by Crippen LogP contribution is 2.09. The second kappa shape index (κ2) is 6.49. The molecule has 5 nitrogen and oxygen atoms in total. The van der Waals surface area contributed by atoms with Crippen molar-refractivity contribution in [2.75, 3.05) is 13.7 Å². The number of nitrogens with one attached hydrogen (secondary N) is 1. The summed E-state index contributed by atoms with van der Waals surface area (Å²) in [6, 6.07) is 6.25. The maximum atomic E-state index is 11.7. The van der Waals surface area contributed by atoms with Gasteiger partial charge in [0.1, 0.15) is 0 Å². The molecule has 0 saturated carbocycles. The molecule has 1 aromatic rings. The molecule has 19 heavy (non-hydrogen) atoms. The van der Waals surface area contributed by atoms with Crippen LogP contribution >= 0.6 is 0 Å². The lowest BCUT2D eigenvalue weighted by atomic mass is 10.1. The Morgan fingerprint density at radius 1 is 1.32 bits per heavy atom. The van der Waals surface area contributed by atoms with Crippen molar-refractivity contribution in [2.24, 2.45) is 0 Å². The van der Waals surface area contributed by atoms with Gasteiger partial charge in [-0.15, -0.1) is 0 Å². The van der Waals surface area contributed by atoms with Crippen LogP contribution in [0.1, 0.15) is 22.8 Å². The van der Waals surface area contributed by atoms with Gasteiger partial charge in [-0.1, -0.05) is 24.3 Å². The van der Waals surface area contributed by atoms with Gasteiger partial charge in [-0.05, 0) is 24.6 Å². The van der Waals surface area contributed by atoms with Gasteiger partial charge in [0, 0.05) is 6.54 Å². The zero-order valence-electron chi connectivity index (χ0n) is 11.0. The Balaban J connectivity index is 2.72. The molecule has 6 heteroatoms. The number of hydrogen-bond acceptors (Lipinski definition) is 4. The van der Waals surface area contributed by atoms with Crippen LogP contribution in [0.3, 0.4) is 0 Å². The van der Waals surface area contributed by atoms with Crippen molar-refractivity contribution in [1.82, 2.24) is 4.72 Å². The lowest BCUT2D eigenvalue weighted by molar-refractivity contribution is 0.0600. The first kappa shape index (κ1) is 15.4. The number of methoxy groups -OCH3 is 1. The molecule has 0 aliphatic rings. The van der Waals surface area contributed by atoms with Crippen LogP contribution in [0.4, 0.5) is 0 Å². The second-order valence-corrected chi connectivity index (χ2v) is 6.03. The van der Waals surface area contributed by atoms with Crippen LogP contribution in [0.5, 0.6) is 0 Å². The van der Waals surface area contributed by atoms with E-state index in [0.717, 1.165) is 5.57 Å². The van der Waals surface area contributed by atoms with Gasteiger partial charge >= 0.3 is 5.97 Å². The fourth-order valence-corrected chi connectivity index (χ4v) is 2.56. The zero-order chi connectivity index (χ0) is 14.5. The molecule has 104 valence electrons. The number of rotatable bonds is 6. The molecule has 0 atom stereocenters. The van der Waals surface area contributed by atoms with E-state index < -0.39 is 16.0 Å². The maximum absolute atomic E-state index is 11.7. The summed E-state index contributed by atoms with van der Waals surface area (Å²) >= 11 is 0. The molecule has 1 N–H and O–H groups in total. The molecular formula is C13H17NO4S. The van der Waals surface area contributed by atoms with Crippen LogP contribution in [0.25, 0.3) is 0 Å². The minimum atomic E-state index is -3.40. The zero-order valence-corrected chi connectivity index (χ0v) is 11.8. The van der Waals surface area contributed by atoms with E-state index in [2.05, 4.69) is 16.0 Å². The standard InChI is InChI=1S/C13H17NO4S/c1-10(2)8-14-19(16,17)9-11-4-6-12(7-5-11)13(15)18-3/h4-7,14H,1,8-9H2,2-3H3. The number of benzene rings is 1. The molecule has 0 unspecified atom stereocenters. The Morgan fingerprint density at radius 2 is 1.89 bits per heavy atom. The highest BCUT2D eigenvalue weighted by molar-refractivity contribution is 7.88. The first-order valence-electron chi connectivity index (χ1n) is 5.63. The lowest BCUT2D eigenvalue weighted by Gasteiger charge is -2.07. The molecule has 0 spiro atoms. The van der Waals surface area contributed by atoms with Gasteiger partial charge in [-0.2, -0.15) is 0 Å². The summed E-state index contributed by atoms with van der Waals surface area (Å²) in [6.45, 7) is 5.60. The number of carbonyl (C=O) groups is 1.